The molecule has 0 saturated heterocycles. The van der Waals surface area contributed by atoms with Crippen LogP contribution in [-0.4, -0.2) is 17.4 Å². The third kappa shape index (κ3) is 5.31. The van der Waals surface area contributed by atoms with Crippen LogP contribution in [0.2, 0.25) is 0 Å². The number of benzene rings is 1. The van der Waals surface area contributed by atoms with Gasteiger partial charge in [0.2, 0.25) is 5.91 Å². The quantitative estimate of drug-likeness (QED) is 0.638. The molecule has 116 valence electrons. The Morgan fingerprint density at radius 3 is 2.64 bits per heavy atom. The molecule has 5 heteroatoms. The average Bonchev–Trinajstić information content (AvgIpc) is 2.98. The molecule has 0 aliphatic carbocycles. The highest BCUT2D eigenvalue weighted by Gasteiger charge is 2.03. The molecule has 0 saturated carbocycles. The summed E-state index contributed by atoms with van der Waals surface area (Å²) in [6.07, 6.45) is 0. The fourth-order valence-electron chi connectivity index (χ4n) is 2.13. The Labute approximate surface area is 139 Å². The van der Waals surface area contributed by atoms with E-state index in [1.54, 1.807) is 23.1 Å². The van der Waals surface area contributed by atoms with Crippen molar-refractivity contribution < 1.29 is 4.79 Å². The molecule has 2 aromatic rings. The Kier molecular flexibility index (Phi) is 6.21. The molecule has 1 N–H and O–H groups in total. The van der Waals surface area contributed by atoms with Crippen LogP contribution in [0.3, 0.4) is 0 Å². The maximum absolute atomic E-state index is 11.8. The van der Waals surface area contributed by atoms with Crippen molar-refractivity contribution in [3.63, 3.8) is 0 Å². The Morgan fingerprint density at radius 1 is 1.27 bits per heavy atom. The second kappa shape index (κ2) is 8.15. The van der Waals surface area contributed by atoms with Crippen LogP contribution in [0.15, 0.2) is 40.8 Å². The van der Waals surface area contributed by atoms with E-state index in [0.717, 1.165) is 16.3 Å². The summed E-state index contributed by atoms with van der Waals surface area (Å²) < 4.78 is 0. The van der Waals surface area contributed by atoms with E-state index in [2.05, 4.69) is 42.6 Å². The van der Waals surface area contributed by atoms with Crippen molar-refractivity contribution in [3.05, 3.63) is 57.3 Å². The first-order valence-corrected chi connectivity index (χ1v) is 9.10. The number of rotatable bonds is 6. The van der Waals surface area contributed by atoms with Crippen LogP contribution in [0.1, 0.15) is 28.5 Å². The lowest BCUT2D eigenvalue weighted by Gasteiger charge is -2.05. The molecule has 0 spiro atoms. The Balaban J connectivity index is 1.77. The number of thioether (sulfide) groups is 1. The number of carbonyl (C=O) groups is 1. The summed E-state index contributed by atoms with van der Waals surface area (Å²) in [6.45, 7) is 6.08. The van der Waals surface area contributed by atoms with Gasteiger partial charge in [0.25, 0.3) is 0 Å². The van der Waals surface area contributed by atoms with Crippen LogP contribution in [0.5, 0.6) is 0 Å². The first-order valence-electron chi connectivity index (χ1n) is 7.06. The van der Waals surface area contributed by atoms with Crippen molar-refractivity contribution in [2.24, 2.45) is 5.10 Å². The predicted molar refractivity (Wildman–Crippen MR) is 96.8 cm³/mol. The number of hydrogen-bond donors (Lipinski definition) is 1. The smallest absolute Gasteiger partial charge is 0.250 e. The molecular weight excluding hydrogens is 312 g/mol. The van der Waals surface area contributed by atoms with E-state index in [4.69, 9.17) is 0 Å². The molecule has 0 aliphatic rings. The molecule has 0 radical (unpaired) electrons. The number of hydrazone groups is 1. The fraction of sp³-hybridized carbons (Fsp3) is 0.294. The van der Waals surface area contributed by atoms with Crippen molar-refractivity contribution in [2.45, 2.75) is 26.5 Å². The average molecular weight is 332 g/mol. The van der Waals surface area contributed by atoms with Crippen LogP contribution in [0, 0.1) is 13.8 Å². The third-order valence-corrected chi connectivity index (χ3v) is 4.99. The van der Waals surface area contributed by atoms with Crippen LogP contribution in [0.4, 0.5) is 0 Å². The lowest BCUT2D eigenvalue weighted by molar-refractivity contribution is -0.118. The van der Waals surface area contributed by atoms with Gasteiger partial charge in [-0.05, 0) is 37.8 Å². The van der Waals surface area contributed by atoms with Crippen LogP contribution in [0.25, 0.3) is 0 Å². The second-order valence-corrected chi connectivity index (χ2v) is 7.13. The van der Waals surface area contributed by atoms with Gasteiger partial charge in [-0.3, -0.25) is 4.79 Å². The maximum atomic E-state index is 11.8. The van der Waals surface area contributed by atoms with Gasteiger partial charge in [0.05, 0.1) is 11.5 Å². The molecule has 1 heterocycles. The summed E-state index contributed by atoms with van der Waals surface area (Å²) in [5.74, 6) is 1.18. The van der Waals surface area contributed by atoms with E-state index < -0.39 is 0 Å². The largest absolute Gasteiger partial charge is 0.272 e. The highest BCUT2D eigenvalue weighted by molar-refractivity contribution is 7.99. The van der Waals surface area contributed by atoms with E-state index in [-0.39, 0.29) is 5.91 Å². The topological polar surface area (TPSA) is 41.5 Å². The van der Waals surface area contributed by atoms with E-state index in [1.165, 1.54) is 16.7 Å². The number of aryl methyl sites for hydroxylation is 2. The predicted octanol–water partition coefficient (Wildman–Crippen LogP) is 4.14. The SMILES string of the molecule is C/C(=N/NC(=O)CSCc1cc(C)cc(C)c1)c1cccs1. The number of nitrogens with zero attached hydrogens (tertiary/aromatic N) is 1. The van der Waals surface area contributed by atoms with Crippen LogP contribution < -0.4 is 5.43 Å². The van der Waals surface area contributed by atoms with Gasteiger partial charge in [-0.1, -0.05) is 35.4 Å². The Hall–Kier alpha value is -1.59. The zero-order valence-corrected chi connectivity index (χ0v) is 14.7. The summed E-state index contributed by atoms with van der Waals surface area (Å²) in [5, 5.41) is 6.13. The van der Waals surface area contributed by atoms with Crippen molar-refractivity contribution >= 4 is 34.7 Å². The molecule has 0 bridgehead atoms. The summed E-state index contributed by atoms with van der Waals surface area (Å²) in [7, 11) is 0. The zero-order valence-electron chi connectivity index (χ0n) is 13.1. The Morgan fingerprint density at radius 2 is 2.00 bits per heavy atom. The fourth-order valence-corrected chi connectivity index (χ4v) is 3.56. The highest BCUT2D eigenvalue weighted by atomic mass is 32.2. The second-order valence-electron chi connectivity index (χ2n) is 5.20. The molecule has 1 aromatic heterocycles. The van der Waals surface area contributed by atoms with Crippen molar-refractivity contribution in [1.82, 2.24) is 5.43 Å². The molecule has 1 aromatic carbocycles. The monoisotopic (exact) mass is 332 g/mol. The van der Waals surface area contributed by atoms with Crippen LogP contribution in [-0.2, 0) is 10.5 Å². The molecule has 2 rings (SSSR count). The number of carbonyl (C=O) groups excluding carboxylic acids is 1. The Bertz CT molecular complexity index is 643. The third-order valence-electron chi connectivity index (χ3n) is 3.01. The number of amides is 1. The highest BCUT2D eigenvalue weighted by Crippen LogP contribution is 2.15. The normalized spacial score (nSPS) is 11.5. The van der Waals surface area contributed by atoms with Gasteiger partial charge in [0.15, 0.2) is 0 Å². The summed E-state index contributed by atoms with van der Waals surface area (Å²) >= 11 is 3.22. The maximum Gasteiger partial charge on any atom is 0.250 e. The standard InChI is InChI=1S/C17H20N2OS2/c1-12-7-13(2)9-15(8-12)10-21-11-17(20)19-18-14(3)16-5-4-6-22-16/h4-9H,10-11H2,1-3H3,(H,19,20)/b18-14-. The molecule has 0 unspecified atom stereocenters. The van der Waals surface area contributed by atoms with Crippen molar-refractivity contribution in [2.75, 3.05) is 5.75 Å². The first kappa shape index (κ1) is 16.8. The lowest BCUT2D eigenvalue weighted by atomic mass is 10.1. The van der Waals surface area contributed by atoms with Gasteiger partial charge in [-0.25, -0.2) is 5.43 Å². The summed E-state index contributed by atoms with van der Waals surface area (Å²) in [5.41, 5.74) is 7.23. The number of nitrogens with one attached hydrogen (secondary N) is 1. The molecule has 3 nitrogen and oxygen atoms in total. The lowest BCUT2D eigenvalue weighted by Crippen LogP contribution is -2.21. The molecular formula is C17H20N2OS2. The summed E-state index contributed by atoms with van der Waals surface area (Å²) in [6, 6.07) is 10.4. The van der Waals surface area contributed by atoms with Gasteiger partial charge < -0.3 is 0 Å². The van der Waals surface area contributed by atoms with Crippen LogP contribution >= 0.6 is 23.1 Å². The minimum Gasteiger partial charge on any atom is -0.272 e. The molecule has 1 amide bonds. The van der Waals surface area contributed by atoms with Crippen molar-refractivity contribution in [3.8, 4) is 0 Å². The molecule has 22 heavy (non-hydrogen) atoms. The first-order chi connectivity index (χ1) is 10.5. The van der Waals surface area contributed by atoms with Gasteiger partial charge in [0, 0.05) is 10.6 Å². The van der Waals surface area contributed by atoms with Gasteiger partial charge >= 0.3 is 0 Å². The number of thiophene rings is 1. The molecule has 0 fully saturated rings. The molecule has 0 atom stereocenters. The van der Waals surface area contributed by atoms with E-state index >= 15 is 0 Å². The number of hydrogen-bond acceptors (Lipinski definition) is 4. The minimum absolute atomic E-state index is 0.0646. The zero-order chi connectivity index (χ0) is 15.9. The minimum atomic E-state index is -0.0646. The van der Waals surface area contributed by atoms with E-state index in [0.29, 0.717) is 5.75 Å². The van der Waals surface area contributed by atoms with Gasteiger partial charge in [-0.2, -0.15) is 5.10 Å². The van der Waals surface area contributed by atoms with Crippen molar-refractivity contribution in [1.29, 1.82) is 0 Å². The van der Waals surface area contributed by atoms with E-state index in [9.17, 15) is 4.79 Å². The molecule has 0 aliphatic heterocycles. The summed E-state index contributed by atoms with van der Waals surface area (Å²) in [4.78, 5) is 12.9. The van der Waals surface area contributed by atoms with Gasteiger partial charge in [-0.15, -0.1) is 23.1 Å². The van der Waals surface area contributed by atoms with Gasteiger partial charge in [0.1, 0.15) is 0 Å². The van der Waals surface area contributed by atoms with E-state index in [1.807, 2.05) is 24.4 Å².